The Labute approximate surface area is 187 Å². The maximum absolute atomic E-state index is 12.5. The summed E-state index contributed by atoms with van der Waals surface area (Å²) < 4.78 is 5.38. The first-order valence-electron chi connectivity index (χ1n) is 10.0. The van der Waals surface area contributed by atoms with Crippen LogP contribution in [0.25, 0.3) is 10.8 Å². The highest BCUT2D eigenvalue weighted by Gasteiger charge is 2.22. The number of aromatic nitrogens is 1. The molecule has 0 unspecified atom stereocenters. The van der Waals surface area contributed by atoms with Crippen molar-refractivity contribution >= 4 is 28.8 Å². The normalized spacial score (nSPS) is 14.3. The SMILES string of the molecule is O=C(NCC(=O)N1CCN(Cc2csc(-c3ccco3)n2)CC1)c1cccc([N+](=O)[O-])c1. The van der Waals surface area contributed by atoms with Crippen LogP contribution in [0.1, 0.15) is 16.1 Å². The highest BCUT2D eigenvalue weighted by Crippen LogP contribution is 2.24. The van der Waals surface area contributed by atoms with E-state index in [0.29, 0.717) is 32.7 Å². The Balaban J connectivity index is 1.23. The number of nitrogens with zero attached hydrogens (tertiary/aromatic N) is 4. The van der Waals surface area contributed by atoms with Crippen molar-refractivity contribution in [3.63, 3.8) is 0 Å². The van der Waals surface area contributed by atoms with E-state index in [1.807, 2.05) is 17.5 Å². The smallest absolute Gasteiger partial charge is 0.270 e. The van der Waals surface area contributed by atoms with Gasteiger partial charge < -0.3 is 14.6 Å². The van der Waals surface area contributed by atoms with E-state index in [1.54, 1.807) is 11.2 Å². The second kappa shape index (κ2) is 9.71. The number of nitro groups is 1. The maximum Gasteiger partial charge on any atom is 0.270 e. The van der Waals surface area contributed by atoms with E-state index in [4.69, 9.17) is 4.42 Å². The summed E-state index contributed by atoms with van der Waals surface area (Å²) in [5.74, 6) is 0.0533. The molecule has 32 heavy (non-hydrogen) atoms. The Bertz CT molecular complexity index is 1110. The monoisotopic (exact) mass is 455 g/mol. The van der Waals surface area contributed by atoms with Crippen molar-refractivity contribution < 1.29 is 18.9 Å². The quantitative estimate of drug-likeness (QED) is 0.429. The van der Waals surface area contributed by atoms with Crippen molar-refractivity contribution in [1.82, 2.24) is 20.1 Å². The van der Waals surface area contributed by atoms with E-state index in [9.17, 15) is 19.7 Å². The first kappa shape index (κ1) is 21.7. The van der Waals surface area contributed by atoms with Gasteiger partial charge >= 0.3 is 0 Å². The molecule has 3 aromatic rings. The predicted molar refractivity (Wildman–Crippen MR) is 117 cm³/mol. The number of hydrogen-bond acceptors (Lipinski definition) is 8. The molecule has 0 aliphatic carbocycles. The lowest BCUT2D eigenvalue weighted by atomic mass is 10.2. The standard InChI is InChI=1S/C21H21N5O5S/c27-19(12-22-20(28)15-3-1-4-17(11-15)26(29)30)25-8-6-24(7-9-25)13-16-14-32-21(23-16)18-5-2-10-31-18/h1-5,10-11,14H,6-9,12-13H2,(H,22,28). The van der Waals surface area contributed by atoms with Crippen LogP contribution in [0, 0.1) is 10.1 Å². The first-order valence-corrected chi connectivity index (χ1v) is 10.9. The molecule has 10 nitrogen and oxygen atoms in total. The van der Waals surface area contributed by atoms with Crippen LogP contribution < -0.4 is 5.32 Å². The highest BCUT2D eigenvalue weighted by atomic mass is 32.1. The number of carbonyl (C=O) groups excluding carboxylic acids is 2. The third-order valence-corrected chi connectivity index (χ3v) is 6.02. The zero-order chi connectivity index (χ0) is 22.5. The molecule has 166 valence electrons. The van der Waals surface area contributed by atoms with Gasteiger partial charge in [-0.25, -0.2) is 4.98 Å². The van der Waals surface area contributed by atoms with Crippen LogP contribution >= 0.6 is 11.3 Å². The number of piperazine rings is 1. The summed E-state index contributed by atoms with van der Waals surface area (Å²) in [6, 6.07) is 9.12. The molecule has 1 aliphatic rings. The van der Waals surface area contributed by atoms with Crippen molar-refractivity contribution in [2.75, 3.05) is 32.7 Å². The number of benzene rings is 1. The molecule has 0 atom stereocenters. The molecule has 0 spiro atoms. The topological polar surface area (TPSA) is 122 Å². The lowest BCUT2D eigenvalue weighted by Gasteiger charge is -2.34. The molecule has 1 N–H and O–H groups in total. The molecule has 0 bridgehead atoms. The van der Waals surface area contributed by atoms with Crippen molar-refractivity contribution in [3.05, 3.63) is 69.4 Å². The van der Waals surface area contributed by atoms with Crippen molar-refractivity contribution in [2.24, 2.45) is 0 Å². The zero-order valence-corrected chi connectivity index (χ0v) is 17.9. The van der Waals surface area contributed by atoms with Gasteiger partial charge in [-0.2, -0.15) is 0 Å². The molecule has 1 fully saturated rings. The number of amides is 2. The van der Waals surface area contributed by atoms with Gasteiger partial charge in [0.15, 0.2) is 10.8 Å². The number of nitro benzene ring substituents is 1. The Morgan fingerprint density at radius 1 is 1.19 bits per heavy atom. The average Bonchev–Trinajstić information content (AvgIpc) is 3.50. The van der Waals surface area contributed by atoms with Gasteiger partial charge in [0.05, 0.1) is 23.4 Å². The first-order chi connectivity index (χ1) is 15.5. The van der Waals surface area contributed by atoms with Crippen LogP contribution in [-0.2, 0) is 11.3 Å². The minimum absolute atomic E-state index is 0.147. The van der Waals surface area contributed by atoms with E-state index in [1.165, 1.54) is 35.6 Å². The molecule has 0 radical (unpaired) electrons. The van der Waals surface area contributed by atoms with Gasteiger partial charge in [-0.1, -0.05) is 6.07 Å². The van der Waals surface area contributed by atoms with Crippen LogP contribution in [-0.4, -0.2) is 64.2 Å². The van der Waals surface area contributed by atoms with Crippen molar-refractivity contribution in [2.45, 2.75) is 6.54 Å². The van der Waals surface area contributed by atoms with Gasteiger partial charge in [-0.15, -0.1) is 11.3 Å². The maximum atomic E-state index is 12.5. The molecule has 1 aromatic carbocycles. The zero-order valence-electron chi connectivity index (χ0n) is 17.1. The van der Waals surface area contributed by atoms with Crippen LogP contribution in [0.5, 0.6) is 0 Å². The molecule has 1 saturated heterocycles. The second-order valence-corrected chi connectivity index (χ2v) is 8.13. The minimum atomic E-state index is -0.565. The summed E-state index contributed by atoms with van der Waals surface area (Å²) >= 11 is 1.54. The second-order valence-electron chi connectivity index (χ2n) is 7.27. The fraction of sp³-hybridized carbons (Fsp3) is 0.286. The Hall–Kier alpha value is -3.57. The van der Waals surface area contributed by atoms with E-state index >= 15 is 0 Å². The minimum Gasteiger partial charge on any atom is -0.462 e. The Morgan fingerprint density at radius 3 is 2.72 bits per heavy atom. The lowest BCUT2D eigenvalue weighted by Crippen LogP contribution is -2.50. The average molecular weight is 455 g/mol. The van der Waals surface area contributed by atoms with E-state index in [2.05, 4.69) is 15.2 Å². The van der Waals surface area contributed by atoms with E-state index < -0.39 is 10.8 Å². The van der Waals surface area contributed by atoms with Gasteiger partial charge in [-0.3, -0.25) is 24.6 Å². The molecule has 2 amide bonds. The fourth-order valence-electron chi connectivity index (χ4n) is 3.41. The number of nitrogens with one attached hydrogen (secondary N) is 1. The molecule has 3 heterocycles. The molecule has 11 heteroatoms. The van der Waals surface area contributed by atoms with Gasteiger partial charge in [0.2, 0.25) is 5.91 Å². The molecule has 4 rings (SSSR count). The largest absolute Gasteiger partial charge is 0.462 e. The lowest BCUT2D eigenvalue weighted by molar-refractivity contribution is -0.384. The van der Waals surface area contributed by atoms with Gasteiger partial charge in [0, 0.05) is 55.8 Å². The molecular weight excluding hydrogens is 434 g/mol. The van der Waals surface area contributed by atoms with Gasteiger partial charge in [0.1, 0.15) is 0 Å². The predicted octanol–water partition coefficient (Wildman–Crippen LogP) is 2.39. The number of carbonyl (C=O) groups is 2. The number of rotatable bonds is 7. The van der Waals surface area contributed by atoms with Gasteiger partial charge in [0.25, 0.3) is 11.6 Å². The third-order valence-electron chi connectivity index (χ3n) is 5.11. The Kier molecular flexibility index (Phi) is 6.57. The molecule has 2 aromatic heterocycles. The molecule has 1 aliphatic heterocycles. The van der Waals surface area contributed by atoms with E-state index in [0.717, 1.165) is 16.5 Å². The van der Waals surface area contributed by atoms with Crippen LogP contribution in [0.2, 0.25) is 0 Å². The van der Waals surface area contributed by atoms with Crippen LogP contribution in [0.4, 0.5) is 5.69 Å². The van der Waals surface area contributed by atoms with Crippen molar-refractivity contribution in [3.8, 4) is 10.8 Å². The molecule has 0 saturated carbocycles. The summed E-state index contributed by atoms with van der Waals surface area (Å²) in [6.07, 6.45) is 1.62. The highest BCUT2D eigenvalue weighted by molar-refractivity contribution is 7.13. The number of hydrogen-bond donors (Lipinski definition) is 1. The van der Waals surface area contributed by atoms with Gasteiger partial charge in [-0.05, 0) is 18.2 Å². The van der Waals surface area contributed by atoms with Crippen molar-refractivity contribution in [1.29, 1.82) is 0 Å². The number of non-ortho nitro benzene ring substituents is 1. The summed E-state index contributed by atoms with van der Waals surface area (Å²) in [6.45, 7) is 3.07. The number of thiazole rings is 1. The van der Waals surface area contributed by atoms with E-state index in [-0.39, 0.29) is 23.7 Å². The Morgan fingerprint density at radius 2 is 2.00 bits per heavy atom. The number of furan rings is 1. The summed E-state index contributed by atoms with van der Waals surface area (Å²) in [7, 11) is 0. The summed E-state index contributed by atoms with van der Waals surface area (Å²) in [4.78, 5) is 43.5. The summed E-state index contributed by atoms with van der Waals surface area (Å²) in [5, 5.41) is 16.3. The third kappa shape index (κ3) is 5.18. The van der Waals surface area contributed by atoms with Crippen LogP contribution in [0.3, 0.4) is 0 Å². The molecular formula is C21H21N5O5S. The summed E-state index contributed by atoms with van der Waals surface area (Å²) in [5.41, 5.74) is 0.941. The van der Waals surface area contributed by atoms with Crippen LogP contribution in [0.15, 0.2) is 52.5 Å². The fourth-order valence-corrected chi connectivity index (χ4v) is 4.19.